The molecule has 0 aromatic carbocycles. The zero-order chi connectivity index (χ0) is 9.99. The normalized spacial score (nSPS) is 12.2. The summed E-state index contributed by atoms with van der Waals surface area (Å²) in [6.45, 7) is 0. The Hall–Kier alpha value is -0.970. The van der Waals surface area contributed by atoms with Crippen molar-refractivity contribution in [3.63, 3.8) is 0 Å². The number of rotatable bonds is 1. The molecule has 0 unspecified atom stereocenters. The van der Waals surface area contributed by atoms with Crippen molar-refractivity contribution < 1.29 is 30.7 Å². The second-order valence-electron chi connectivity index (χ2n) is 1.64. The summed E-state index contributed by atoms with van der Waals surface area (Å²) < 4.78 is 79.8. The van der Waals surface area contributed by atoms with Crippen LogP contribution in [0, 0.1) is 0 Å². The van der Waals surface area contributed by atoms with Crippen molar-refractivity contribution in [2.24, 2.45) is 0 Å². The minimum Gasteiger partial charge on any atom is -0.206 e. The van der Waals surface area contributed by atoms with Gasteiger partial charge < -0.3 is 0 Å². The topological polar surface area (TPSA) is 0 Å². The van der Waals surface area contributed by atoms with Gasteiger partial charge in [-0.1, -0.05) is 0 Å². The summed E-state index contributed by atoms with van der Waals surface area (Å²) in [4.78, 5) is 0. The average Bonchev–Trinajstić information content (AvgIpc) is 1.85. The summed E-state index contributed by atoms with van der Waals surface area (Å²) in [6.07, 6.45) is -6.94. The predicted octanol–water partition coefficient (Wildman–Crippen LogP) is 3.12. The average molecular weight is 194 g/mol. The van der Waals surface area contributed by atoms with Gasteiger partial charge in [0.25, 0.3) is 0 Å². The Bertz CT molecular complexity index is 216. The molecule has 0 rings (SSSR count). The highest BCUT2D eigenvalue weighted by atomic mass is 19.4. The molecule has 0 aliphatic rings. The first-order chi connectivity index (χ1) is 5.23. The third kappa shape index (κ3) is 2.01. The first-order valence-corrected chi connectivity index (χ1v) is 2.39. The molecule has 0 bridgehead atoms. The van der Waals surface area contributed by atoms with Crippen molar-refractivity contribution in [1.82, 2.24) is 0 Å². The fourth-order valence-corrected chi connectivity index (χ4v) is 0.263. The van der Waals surface area contributed by atoms with Gasteiger partial charge in [-0.25, -0.2) is 4.39 Å². The van der Waals surface area contributed by atoms with Crippen LogP contribution in [-0.2, 0) is 0 Å². The lowest BCUT2D eigenvalue weighted by atomic mass is 10.3. The zero-order valence-corrected chi connectivity index (χ0v) is 5.22. The fraction of sp³-hybridized carbons (Fsp3) is 0.400. The van der Waals surface area contributed by atoms with E-state index in [2.05, 4.69) is 0 Å². The van der Waals surface area contributed by atoms with Crippen LogP contribution in [0.4, 0.5) is 30.7 Å². The number of halogens is 7. The van der Waals surface area contributed by atoms with Crippen LogP contribution in [0.2, 0.25) is 0 Å². The minimum atomic E-state index is -6.08. The molecule has 70 valence electrons. The molecule has 0 saturated heterocycles. The van der Waals surface area contributed by atoms with E-state index in [1.807, 2.05) is 0 Å². The summed E-state index contributed by atoms with van der Waals surface area (Å²) in [6, 6.07) is 0. The highest BCUT2D eigenvalue weighted by Crippen LogP contribution is 2.40. The van der Waals surface area contributed by atoms with Gasteiger partial charge in [-0.2, -0.15) is 26.3 Å². The zero-order valence-electron chi connectivity index (χ0n) is 5.22. The summed E-state index contributed by atoms with van der Waals surface area (Å²) in [5.74, 6) is -8.69. The molecule has 0 spiro atoms. The molecule has 0 aromatic rings. The van der Waals surface area contributed by atoms with Crippen molar-refractivity contribution >= 4 is 0 Å². The molecule has 0 radical (unpaired) electrons. The summed E-state index contributed by atoms with van der Waals surface area (Å²) in [7, 11) is 0. The molecule has 0 aliphatic heterocycles. The fourth-order valence-electron chi connectivity index (χ4n) is 0.263. The van der Waals surface area contributed by atoms with Crippen molar-refractivity contribution in [3.05, 3.63) is 17.9 Å². The molecule has 12 heavy (non-hydrogen) atoms. The third-order valence-corrected chi connectivity index (χ3v) is 0.813. The van der Waals surface area contributed by atoms with Gasteiger partial charge in [0.15, 0.2) is 0 Å². The van der Waals surface area contributed by atoms with Crippen LogP contribution >= 0.6 is 0 Å². The molecule has 7 heteroatoms. The smallest absolute Gasteiger partial charge is 0.206 e. The maximum atomic E-state index is 11.7. The van der Waals surface area contributed by atoms with Crippen molar-refractivity contribution in [1.29, 1.82) is 0 Å². The Morgan fingerprint density at radius 3 is 1.75 bits per heavy atom. The molecule has 0 heterocycles. The number of hydrogen-bond acceptors (Lipinski definition) is 0. The van der Waals surface area contributed by atoms with Crippen molar-refractivity contribution in [2.45, 2.75) is 12.1 Å². The Labute approximate surface area is 62.0 Å². The summed E-state index contributed by atoms with van der Waals surface area (Å²) in [5, 5.41) is 0. The Morgan fingerprint density at radius 1 is 1.08 bits per heavy atom. The van der Waals surface area contributed by atoms with Crippen LogP contribution in [0.1, 0.15) is 0 Å². The van der Waals surface area contributed by atoms with E-state index in [4.69, 9.17) is 0 Å². The van der Waals surface area contributed by atoms with Gasteiger partial charge in [0.2, 0.25) is 5.83 Å². The number of hydrogen-bond donors (Lipinski definition) is 0. The van der Waals surface area contributed by atoms with E-state index in [1.54, 1.807) is 0 Å². The lowest BCUT2D eigenvalue weighted by molar-refractivity contribution is -0.270. The molecule has 0 saturated carbocycles. The minimum absolute atomic E-state index is 0.481. The summed E-state index contributed by atoms with van der Waals surface area (Å²) >= 11 is 0. The molecule has 0 atom stereocenters. The van der Waals surface area contributed by atoms with Crippen LogP contribution in [-0.4, -0.2) is 12.1 Å². The van der Waals surface area contributed by atoms with Gasteiger partial charge in [0, 0.05) is 0 Å². The maximum Gasteiger partial charge on any atom is 0.461 e. The molecule has 0 N–H and O–H groups in total. The highest BCUT2D eigenvalue weighted by Gasteiger charge is 2.61. The second-order valence-corrected chi connectivity index (χ2v) is 1.64. The third-order valence-electron chi connectivity index (χ3n) is 0.813. The van der Waals surface area contributed by atoms with E-state index >= 15 is 0 Å². The molecule has 0 aliphatic carbocycles. The molecule has 0 aromatic heterocycles. The summed E-state index contributed by atoms with van der Waals surface area (Å²) in [5.41, 5.74) is 0.481. The van der Waals surface area contributed by atoms with Gasteiger partial charge in [0.1, 0.15) is 6.33 Å². The van der Waals surface area contributed by atoms with Crippen LogP contribution in [0.15, 0.2) is 17.9 Å². The van der Waals surface area contributed by atoms with Crippen LogP contribution in [0.5, 0.6) is 0 Å². The molecule has 0 nitrogen and oxygen atoms in total. The van der Waals surface area contributed by atoms with Crippen LogP contribution in [0.3, 0.4) is 0 Å². The van der Waals surface area contributed by atoms with E-state index in [0.717, 1.165) is 0 Å². The van der Waals surface area contributed by atoms with Crippen LogP contribution < -0.4 is 0 Å². The highest BCUT2D eigenvalue weighted by molar-refractivity contribution is 5.06. The molecular weight excluding hydrogens is 193 g/mol. The molecule has 0 amide bonds. The Kier molecular flexibility index (Phi) is 2.93. The standard InChI is InChI=1S/C5HF7/c6-2-1-3(7)4(8,9)5(10,11)12/h2H. The van der Waals surface area contributed by atoms with E-state index < -0.39 is 24.3 Å². The maximum absolute atomic E-state index is 11.7. The Balaban J connectivity index is 5.00. The van der Waals surface area contributed by atoms with Crippen molar-refractivity contribution in [2.75, 3.05) is 0 Å². The second kappa shape index (κ2) is 3.18. The van der Waals surface area contributed by atoms with Gasteiger partial charge in [-0.15, -0.1) is 0 Å². The Morgan fingerprint density at radius 2 is 1.50 bits per heavy atom. The van der Waals surface area contributed by atoms with E-state index in [0.29, 0.717) is 5.73 Å². The van der Waals surface area contributed by atoms with E-state index in [-0.39, 0.29) is 0 Å². The lowest BCUT2D eigenvalue weighted by Gasteiger charge is -2.15. The number of alkyl halides is 5. The molecular formula is C5HF7. The quantitative estimate of drug-likeness (QED) is 0.444. The van der Waals surface area contributed by atoms with Crippen molar-refractivity contribution in [3.8, 4) is 0 Å². The monoisotopic (exact) mass is 194 g/mol. The van der Waals surface area contributed by atoms with Crippen LogP contribution in [0.25, 0.3) is 0 Å². The SMILES string of the molecule is FC=C=C(F)C(F)(F)C(F)(F)F. The number of allylic oxidation sites excluding steroid dienone is 1. The molecule has 0 fully saturated rings. The van der Waals surface area contributed by atoms with Gasteiger partial charge in [0.05, 0.1) is 0 Å². The first-order valence-electron chi connectivity index (χ1n) is 2.39. The van der Waals surface area contributed by atoms with Gasteiger partial charge in [-0.05, 0) is 5.73 Å². The predicted molar refractivity (Wildman–Crippen MR) is 24.8 cm³/mol. The lowest BCUT2D eigenvalue weighted by Crippen LogP contribution is -2.36. The van der Waals surface area contributed by atoms with E-state index in [1.165, 1.54) is 0 Å². The van der Waals surface area contributed by atoms with E-state index in [9.17, 15) is 30.7 Å². The first kappa shape index (κ1) is 11.0. The van der Waals surface area contributed by atoms with Gasteiger partial charge >= 0.3 is 12.1 Å². The van der Waals surface area contributed by atoms with Gasteiger partial charge in [-0.3, -0.25) is 0 Å². The largest absolute Gasteiger partial charge is 0.461 e.